The van der Waals surface area contributed by atoms with Crippen LogP contribution < -0.4 is 5.73 Å². The molecule has 0 aliphatic heterocycles. The van der Waals surface area contributed by atoms with Crippen molar-refractivity contribution in [1.29, 1.82) is 0 Å². The Hall–Kier alpha value is -1.74. The summed E-state index contributed by atoms with van der Waals surface area (Å²) in [6, 6.07) is 9.24. The fraction of sp³-hybridized carbons (Fsp3) is 0.200. The van der Waals surface area contributed by atoms with Crippen molar-refractivity contribution < 1.29 is 8.78 Å². The Kier molecular flexibility index (Phi) is 3.43. The van der Waals surface area contributed by atoms with Crippen molar-refractivity contribution in [3.05, 3.63) is 70.3 Å². The van der Waals surface area contributed by atoms with E-state index in [2.05, 4.69) is 0 Å². The molecule has 0 fully saturated rings. The summed E-state index contributed by atoms with van der Waals surface area (Å²) in [4.78, 5) is 0. The maximum absolute atomic E-state index is 14.0. The number of hydrogen-bond donors (Lipinski definition) is 1. The van der Waals surface area contributed by atoms with Crippen LogP contribution in [0.25, 0.3) is 0 Å². The molecular weight excluding hydrogens is 232 g/mol. The van der Waals surface area contributed by atoms with Crippen molar-refractivity contribution in [3.8, 4) is 0 Å². The van der Waals surface area contributed by atoms with E-state index in [0.29, 0.717) is 11.1 Å². The van der Waals surface area contributed by atoms with Crippen LogP contribution in [0.15, 0.2) is 36.4 Å². The second-order valence-corrected chi connectivity index (χ2v) is 4.48. The van der Waals surface area contributed by atoms with Crippen LogP contribution in [-0.4, -0.2) is 0 Å². The van der Waals surface area contributed by atoms with Crippen LogP contribution >= 0.6 is 0 Å². The molecule has 0 saturated carbocycles. The molecule has 0 heterocycles. The molecule has 94 valence electrons. The fourth-order valence-corrected chi connectivity index (χ4v) is 1.99. The minimum absolute atomic E-state index is 0.0689. The van der Waals surface area contributed by atoms with Crippen LogP contribution in [0, 0.1) is 25.5 Å². The highest BCUT2D eigenvalue weighted by Crippen LogP contribution is 2.27. The normalized spacial score (nSPS) is 12.5. The Labute approximate surface area is 105 Å². The number of aryl methyl sites for hydroxylation is 2. The summed E-state index contributed by atoms with van der Waals surface area (Å²) in [5, 5.41) is 0. The minimum Gasteiger partial charge on any atom is -0.320 e. The van der Waals surface area contributed by atoms with Gasteiger partial charge in [0, 0.05) is 5.56 Å². The quantitative estimate of drug-likeness (QED) is 0.861. The predicted molar refractivity (Wildman–Crippen MR) is 68.3 cm³/mol. The molecule has 2 N–H and O–H groups in total. The van der Waals surface area contributed by atoms with Crippen LogP contribution in [0.2, 0.25) is 0 Å². The highest BCUT2D eigenvalue weighted by atomic mass is 19.1. The van der Waals surface area contributed by atoms with E-state index in [1.807, 2.05) is 25.1 Å². The Bertz CT molecular complexity index is 579. The summed E-state index contributed by atoms with van der Waals surface area (Å²) in [7, 11) is 0. The zero-order valence-electron chi connectivity index (χ0n) is 10.4. The molecule has 0 radical (unpaired) electrons. The van der Waals surface area contributed by atoms with E-state index in [9.17, 15) is 8.78 Å². The third kappa shape index (κ3) is 2.27. The van der Waals surface area contributed by atoms with Gasteiger partial charge in [0.05, 0.1) is 6.04 Å². The minimum atomic E-state index is -0.787. The predicted octanol–water partition coefficient (Wildman–Crippen LogP) is 3.63. The van der Waals surface area contributed by atoms with Crippen molar-refractivity contribution in [3.63, 3.8) is 0 Å². The first kappa shape index (κ1) is 12.7. The summed E-state index contributed by atoms with van der Waals surface area (Å²) >= 11 is 0. The molecule has 1 atom stereocenters. The zero-order chi connectivity index (χ0) is 13.3. The van der Waals surface area contributed by atoms with Gasteiger partial charge in [-0.1, -0.05) is 35.9 Å². The first-order valence-electron chi connectivity index (χ1n) is 5.77. The van der Waals surface area contributed by atoms with Gasteiger partial charge in [-0.2, -0.15) is 0 Å². The molecule has 0 saturated heterocycles. The van der Waals surface area contributed by atoms with Crippen molar-refractivity contribution in [2.45, 2.75) is 19.9 Å². The second kappa shape index (κ2) is 4.86. The summed E-state index contributed by atoms with van der Waals surface area (Å²) in [5.74, 6) is -1.17. The van der Waals surface area contributed by atoms with E-state index in [0.717, 1.165) is 5.56 Å². The maximum atomic E-state index is 14.0. The standard InChI is InChI=1S/C15H15F2N/c1-9-4-3-5-11(8-9)15(18)13-12(16)7-6-10(2)14(13)17/h3-8,15H,18H2,1-2H3. The highest BCUT2D eigenvalue weighted by Gasteiger charge is 2.19. The molecule has 0 bridgehead atoms. The molecule has 0 aromatic heterocycles. The summed E-state index contributed by atoms with van der Waals surface area (Å²) in [6.07, 6.45) is 0. The van der Waals surface area contributed by atoms with Gasteiger partial charge >= 0.3 is 0 Å². The van der Waals surface area contributed by atoms with Gasteiger partial charge in [-0.15, -0.1) is 0 Å². The van der Waals surface area contributed by atoms with Crippen LogP contribution in [0.1, 0.15) is 28.3 Å². The molecule has 1 unspecified atom stereocenters. The Morgan fingerprint density at radius 3 is 2.44 bits per heavy atom. The highest BCUT2D eigenvalue weighted by molar-refractivity contribution is 5.37. The van der Waals surface area contributed by atoms with Gasteiger partial charge in [0.15, 0.2) is 0 Å². The summed E-state index contributed by atoms with van der Waals surface area (Å²) in [5.41, 5.74) is 8.02. The van der Waals surface area contributed by atoms with Gasteiger partial charge < -0.3 is 5.73 Å². The van der Waals surface area contributed by atoms with Crippen molar-refractivity contribution in [2.24, 2.45) is 5.73 Å². The van der Waals surface area contributed by atoms with Crippen molar-refractivity contribution in [1.82, 2.24) is 0 Å². The first-order chi connectivity index (χ1) is 8.50. The Morgan fingerprint density at radius 2 is 1.78 bits per heavy atom. The number of nitrogens with two attached hydrogens (primary N) is 1. The Balaban J connectivity index is 2.52. The third-order valence-corrected chi connectivity index (χ3v) is 3.03. The zero-order valence-corrected chi connectivity index (χ0v) is 10.4. The molecular formula is C15H15F2N. The van der Waals surface area contributed by atoms with Gasteiger partial charge in [-0.25, -0.2) is 8.78 Å². The van der Waals surface area contributed by atoms with E-state index in [1.165, 1.54) is 12.1 Å². The van der Waals surface area contributed by atoms with Crippen LogP contribution in [0.5, 0.6) is 0 Å². The van der Waals surface area contributed by atoms with Crippen LogP contribution in [-0.2, 0) is 0 Å². The van der Waals surface area contributed by atoms with Gasteiger partial charge in [0.1, 0.15) is 11.6 Å². The van der Waals surface area contributed by atoms with Gasteiger partial charge in [0.2, 0.25) is 0 Å². The smallest absolute Gasteiger partial charge is 0.134 e. The average molecular weight is 247 g/mol. The SMILES string of the molecule is Cc1cccc(C(N)c2c(F)ccc(C)c2F)c1. The van der Waals surface area contributed by atoms with Crippen LogP contribution in [0.3, 0.4) is 0 Å². The van der Waals surface area contributed by atoms with Gasteiger partial charge in [-0.05, 0) is 31.0 Å². The topological polar surface area (TPSA) is 26.0 Å². The lowest BCUT2D eigenvalue weighted by atomic mass is 9.96. The molecule has 0 aliphatic rings. The lowest BCUT2D eigenvalue weighted by molar-refractivity contribution is 0.538. The Morgan fingerprint density at radius 1 is 1.06 bits per heavy atom. The second-order valence-electron chi connectivity index (χ2n) is 4.48. The molecule has 2 rings (SSSR count). The first-order valence-corrected chi connectivity index (χ1v) is 5.77. The van der Waals surface area contributed by atoms with Crippen LogP contribution in [0.4, 0.5) is 8.78 Å². The average Bonchev–Trinajstić information content (AvgIpc) is 2.34. The number of hydrogen-bond acceptors (Lipinski definition) is 1. The van der Waals surface area contributed by atoms with Gasteiger partial charge in [-0.3, -0.25) is 0 Å². The lowest BCUT2D eigenvalue weighted by Gasteiger charge is -2.16. The molecule has 3 heteroatoms. The molecule has 2 aromatic rings. The lowest BCUT2D eigenvalue weighted by Crippen LogP contribution is -2.16. The fourth-order valence-electron chi connectivity index (χ4n) is 1.99. The van der Waals surface area contributed by atoms with Gasteiger partial charge in [0.25, 0.3) is 0 Å². The summed E-state index contributed by atoms with van der Waals surface area (Å²) in [6.45, 7) is 3.51. The molecule has 2 aromatic carbocycles. The number of halogens is 2. The third-order valence-electron chi connectivity index (χ3n) is 3.03. The molecule has 0 amide bonds. The number of benzene rings is 2. The largest absolute Gasteiger partial charge is 0.320 e. The van der Waals surface area contributed by atoms with E-state index >= 15 is 0 Å². The van der Waals surface area contributed by atoms with E-state index in [1.54, 1.807) is 13.0 Å². The number of rotatable bonds is 2. The summed E-state index contributed by atoms with van der Waals surface area (Å²) < 4.78 is 27.7. The monoisotopic (exact) mass is 247 g/mol. The maximum Gasteiger partial charge on any atom is 0.134 e. The van der Waals surface area contributed by atoms with E-state index in [-0.39, 0.29) is 5.56 Å². The molecule has 0 aliphatic carbocycles. The molecule has 0 spiro atoms. The molecule has 1 nitrogen and oxygen atoms in total. The van der Waals surface area contributed by atoms with E-state index in [4.69, 9.17) is 5.73 Å². The van der Waals surface area contributed by atoms with Crippen molar-refractivity contribution in [2.75, 3.05) is 0 Å². The molecule has 18 heavy (non-hydrogen) atoms. The van der Waals surface area contributed by atoms with Crippen molar-refractivity contribution >= 4 is 0 Å². The van der Waals surface area contributed by atoms with E-state index < -0.39 is 17.7 Å².